The summed E-state index contributed by atoms with van der Waals surface area (Å²) in [7, 11) is -5.84. The summed E-state index contributed by atoms with van der Waals surface area (Å²) in [6.45, 7) is 4.83. The lowest BCUT2D eigenvalue weighted by Crippen LogP contribution is -2.21. The number of benzene rings is 2. The van der Waals surface area contributed by atoms with Crippen molar-refractivity contribution >= 4 is 10.1 Å². The molecule has 0 atom stereocenters. The third-order valence-electron chi connectivity index (χ3n) is 3.06. The maximum Gasteiger partial charge on any atom is 0.522 e. The van der Waals surface area contributed by atoms with Gasteiger partial charge in [0.15, 0.2) is 0 Å². The molecule has 0 spiro atoms. The van der Waals surface area contributed by atoms with Crippen molar-refractivity contribution in [2.75, 3.05) is 6.61 Å². The molecule has 25 heavy (non-hydrogen) atoms. The molecule has 4 nitrogen and oxygen atoms in total. The first-order valence-electron chi connectivity index (χ1n) is 7.34. The summed E-state index contributed by atoms with van der Waals surface area (Å²) in [4.78, 5) is 0. The molecule has 0 aliphatic carbocycles. The molecule has 8 heteroatoms. The highest BCUT2D eigenvalue weighted by molar-refractivity contribution is 7.86. The van der Waals surface area contributed by atoms with Crippen molar-refractivity contribution in [3.8, 4) is 5.75 Å². The van der Waals surface area contributed by atoms with E-state index in [1.54, 1.807) is 0 Å². The number of hydrogen-bond donors (Lipinski definition) is 1. The van der Waals surface area contributed by atoms with Crippen molar-refractivity contribution in [2.45, 2.75) is 25.8 Å². The topological polar surface area (TPSA) is 63.6 Å². The van der Waals surface area contributed by atoms with E-state index in [1.165, 1.54) is 16.7 Å². The molecule has 0 aromatic heterocycles. The van der Waals surface area contributed by atoms with Gasteiger partial charge in [-0.15, -0.1) is 0 Å². The van der Waals surface area contributed by atoms with Gasteiger partial charge in [0.2, 0.25) is 0 Å². The van der Waals surface area contributed by atoms with Crippen molar-refractivity contribution in [2.24, 2.45) is 0 Å². The van der Waals surface area contributed by atoms with Gasteiger partial charge in [-0.3, -0.25) is 4.55 Å². The zero-order chi connectivity index (χ0) is 19.1. The first kappa shape index (κ1) is 21.0. The van der Waals surface area contributed by atoms with Crippen molar-refractivity contribution in [3.63, 3.8) is 0 Å². The number of hydrogen-bond acceptors (Lipinski definition) is 3. The smallest absolute Gasteiger partial charge is 0.494 e. The van der Waals surface area contributed by atoms with Gasteiger partial charge in [0.05, 0.1) is 6.61 Å². The van der Waals surface area contributed by atoms with Crippen LogP contribution < -0.4 is 4.74 Å². The van der Waals surface area contributed by atoms with Crippen molar-refractivity contribution < 1.29 is 30.9 Å². The van der Waals surface area contributed by atoms with Crippen LogP contribution in [0.1, 0.15) is 23.6 Å². The van der Waals surface area contributed by atoms with Crippen LogP contribution in [0.15, 0.2) is 48.5 Å². The Labute approximate surface area is 145 Å². The van der Waals surface area contributed by atoms with Crippen LogP contribution in [0.5, 0.6) is 5.75 Å². The zero-order valence-corrected chi connectivity index (χ0v) is 14.6. The second-order valence-electron chi connectivity index (χ2n) is 5.16. The second-order valence-corrected chi connectivity index (χ2v) is 6.57. The standard InChI is InChI=1S/C16H18O.CHF3O3S/c1-3-17-16-10-8-15(9-11-16)12-14-6-4-13(2)5-7-14;2-1(3,4)8(5,6)7/h4-11H,3,12H2,1-2H3;(H,5,6,7). The predicted molar refractivity (Wildman–Crippen MR) is 89.2 cm³/mol. The molecule has 0 aliphatic rings. The molecule has 2 rings (SSSR count). The number of rotatable bonds is 4. The first-order valence-corrected chi connectivity index (χ1v) is 8.78. The van der Waals surface area contributed by atoms with Gasteiger partial charge in [-0.25, -0.2) is 0 Å². The molecule has 2 aromatic rings. The molecule has 0 fully saturated rings. The van der Waals surface area contributed by atoms with Crippen LogP contribution in [0.4, 0.5) is 13.2 Å². The van der Waals surface area contributed by atoms with E-state index in [0.717, 1.165) is 18.8 Å². The van der Waals surface area contributed by atoms with Crippen LogP contribution in [-0.4, -0.2) is 25.1 Å². The zero-order valence-electron chi connectivity index (χ0n) is 13.7. The number of aryl methyl sites for hydroxylation is 1. The molecular weight excluding hydrogens is 357 g/mol. The van der Waals surface area contributed by atoms with Crippen LogP contribution in [0.2, 0.25) is 0 Å². The lowest BCUT2D eigenvalue weighted by Gasteiger charge is -2.05. The van der Waals surface area contributed by atoms with Gasteiger partial charge in [0.25, 0.3) is 0 Å². The van der Waals surface area contributed by atoms with E-state index in [4.69, 9.17) is 17.7 Å². The van der Waals surface area contributed by atoms with Gasteiger partial charge < -0.3 is 4.74 Å². The maximum absolute atomic E-state index is 10.7. The minimum atomic E-state index is -5.84. The summed E-state index contributed by atoms with van der Waals surface area (Å²) in [5.41, 5.74) is -1.56. The fourth-order valence-electron chi connectivity index (χ4n) is 1.81. The monoisotopic (exact) mass is 376 g/mol. The van der Waals surface area contributed by atoms with Crippen molar-refractivity contribution in [1.82, 2.24) is 0 Å². The molecule has 0 amide bonds. The van der Waals surface area contributed by atoms with E-state index in [1.807, 2.05) is 19.1 Å². The molecule has 0 saturated heterocycles. The molecule has 138 valence electrons. The fourth-order valence-corrected chi connectivity index (χ4v) is 1.81. The second kappa shape index (κ2) is 8.87. The Kier molecular flexibility index (Phi) is 7.44. The molecule has 0 saturated carbocycles. The van der Waals surface area contributed by atoms with Crippen molar-refractivity contribution in [1.29, 1.82) is 0 Å². The minimum Gasteiger partial charge on any atom is -0.494 e. The van der Waals surface area contributed by atoms with Gasteiger partial charge in [-0.05, 0) is 43.5 Å². The van der Waals surface area contributed by atoms with Gasteiger partial charge in [0.1, 0.15) is 5.75 Å². The lowest BCUT2D eigenvalue weighted by molar-refractivity contribution is -0.0510. The Hall–Kier alpha value is -2.06. The Morgan fingerprint density at radius 3 is 1.72 bits per heavy atom. The lowest BCUT2D eigenvalue weighted by atomic mass is 10.0. The van der Waals surface area contributed by atoms with Crippen LogP contribution in [-0.2, 0) is 16.5 Å². The van der Waals surface area contributed by atoms with Gasteiger partial charge in [0, 0.05) is 0 Å². The molecule has 0 bridgehead atoms. The predicted octanol–water partition coefficient (Wildman–Crippen LogP) is 4.38. The van der Waals surface area contributed by atoms with Crippen LogP contribution in [0, 0.1) is 6.92 Å². The van der Waals surface area contributed by atoms with Crippen molar-refractivity contribution in [3.05, 3.63) is 65.2 Å². The quantitative estimate of drug-likeness (QED) is 0.635. The Balaban J connectivity index is 0.000000333. The van der Waals surface area contributed by atoms with Crippen LogP contribution >= 0.6 is 0 Å². The fraction of sp³-hybridized carbons (Fsp3) is 0.294. The Morgan fingerprint density at radius 1 is 0.960 bits per heavy atom. The molecule has 2 aromatic carbocycles. The van der Waals surface area contributed by atoms with E-state index in [2.05, 4.69) is 43.3 Å². The number of ether oxygens (including phenoxy) is 1. The largest absolute Gasteiger partial charge is 0.522 e. The SMILES string of the molecule is CCOc1ccc(Cc2ccc(C)cc2)cc1.O=S(=O)(O)C(F)(F)F. The van der Waals surface area contributed by atoms with Gasteiger partial charge >= 0.3 is 15.6 Å². The van der Waals surface area contributed by atoms with Crippen LogP contribution in [0.3, 0.4) is 0 Å². The Bertz CT molecular complexity index is 752. The summed E-state index contributed by atoms with van der Waals surface area (Å²) >= 11 is 0. The average molecular weight is 376 g/mol. The molecular formula is C17H19F3O4S. The summed E-state index contributed by atoms with van der Waals surface area (Å²) < 4.78 is 63.0. The highest BCUT2D eigenvalue weighted by Gasteiger charge is 2.44. The molecule has 0 radical (unpaired) electrons. The highest BCUT2D eigenvalue weighted by atomic mass is 32.2. The summed E-state index contributed by atoms with van der Waals surface area (Å²) in [5, 5.41) is 0. The minimum absolute atomic E-state index is 0.720. The third-order valence-corrected chi connectivity index (χ3v) is 3.64. The summed E-state index contributed by atoms with van der Waals surface area (Å²) in [5.74, 6) is 0.945. The van der Waals surface area contributed by atoms with Gasteiger partial charge in [-0.1, -0.05) is 42.0 Å². The van der Waals surface area contributed by atoms with E-state index in [9.17, 15) is 13.2 Å². The highest BCUT2D eigenvalue weighted by Crippen LogP contribution is 2.20. The molecule has 1 N–H and O–H groups in total. The molecule has 0 aliphatic heterocycles. The van der Waals surface area contributed by atoms with E-state index in [-0.39, 0.29) is 0 Å². The van der Waals surface area contributed by atoms with Crippen LogP contribution in [0.25, 0.3) is 0 Å². The normalized spacial score (nSPS) is 11.4. The number of alkyl halides is 3. The molecule has 0 unspecified atom stereocenters. The van der Waals surface area contributed by atoms with Gasteiger partial charge in [-0.2, -0.15) is 21.6 Å². The first-order chi connectivity index (χ1) is 11.5. The van der Waals surface area contributed by atoms with E-state index < -0.39 is 15.6 Å². The van der Waals surface area contributed by atoms with E-state index in [0.29, 0.717) is 0 Å². The molecule has 0 heterocycles. The Morgan fingerprint density at radius 2 is 1.36 bits per heavy atom. The summed E-state index contributed by atoms with van der Waals surface area (Å²) in [6.07, 6.45) is 0.979. The third kappa shape index (κ3) is 7.57. The average Bonchev–Trinajstić information content (AvgIpc) is 2.50. The maximum atomic E-state index is 10.7. The number of halogens is 3. The summed E-state index contributed by atoms with van der Waals surface area (Å²) in [6, 6.07) is 17.0. The van der Waals surface area contributed by atoms with E-state index >= 15 is 0 Å².